The molecular formula is C24H29N5O2S. The van der Waals surface area contributed by atoms with E-state index in [9.17, 15) is 9.59 Å². The molecule has 8 heteroatoms. The second-order valence-corrected chi connectivity index (χ2v) is 8.46. The van der Waals surface area contributed by atoms with Gasteiger partial charge >= 0.3 is 0 Å². The summed E-state index contributed by atoms with van der Waals surface area (Å²) in [6.07, 6.45) is 0.796. The third-order valence-corrected chi connectivity index (χ3v) is 5.99. The van der Waals surface area contributed by atoms with Gasteiger partial charge in [0.15, 0.2) is 11.0 Å². The highest BCUT2D eigenvalue weighted by molar-refractivity contribution is 7.99. The zero-order valence-electron chi connectivity index (χ0n) is 18.7. The van der Waals surface area contributed by atoms with E-state index < -0.39 is 0 Å². The third-order valence-electron chi connectivity index (χ3n) is 5.02. The van der Waals surface area contributed by atoms with Crippen LogP contribution in [-0.4, -0.2) is 38.9 Å². The van der Waals surface area contributed by atoms with Crippen molar-refractivity contribution in [2.45, 2.75) is 44.9 Å². The van der Waals surface area contributed by atoms with E-state index in [1.54, 1.807) is 12.1 Å². The van der Waals surface area contributed by atoms with Gasteiger partial charge in [-0.25, -0.2) is 0 Å². The number of aromatic nitrogens is 3. The second-order valence-electron chi connectivity index (χ2n) is 7.52. The number of nitrogens with one attached hydrogen (secondary N) is 2. The summed E-state index contributed by atoms with van der Waals surface area (Å²) in [7, 11) is 0. The Kier molecular flexibility index (Phi) is 8.44. The largest absolute Gasteiger partial charge is 0.355 e. The highest BCUT2D eigenvalue weighted by Crippen LogP contribution is 2.20. The Balaban J connectivity index is 1.52. The Morgan fingerprint density at radius 2 is 1.78 bits per heavy atom. The average Bonchev–Trinajstić information content (AvgIpc) is 3.22. The van der Waals surface area contributed by atoms with E-state index in [4.69, 9.17) is 0 Å². The van der Waals surface area contributed by atoms with Crippen LogP contribution in [0.2, 0.25) is 0 Å². The van der Waals surface area contributed by atoms with Crippen LogP contribution in [0.3, 0.4) is 0 Å². The number of carbonyl (C=O) groups is 2. The molecule has 0 spiro atoms. The predicted octanol–water partition coefficient (Wildman–Crippen LogP) is 3.55. The topological polar surface area (TPSA) is 88.9 Å². The molecule has 3 rings (SSSR count). The highest BCUT2D eigenvalue weighted by Gasteiger charge is 2.20. The third kappa shape index (κ3) is 6.43. The zero-order valence-corrected chi connectivity index (χ0v) is 19.5. The molecule has 0 aliphatic heterocycles. The molecule has 0 saturated carbocycles. The number of benzene rings is 2. The molecule has 0 saturated heterocycles. The van der Waals surface area contributed by atoms with Crippen molar-refractivity contribution in [1.29, 1.82) is 0 Å². The molecule has 3 aromatic rings. The van der Waals surface area contributed by atoms with Crippen LogP contribution < -0.4 is 10.6 Å². The summed E-state index contributed by atoms with van der Waals surface area (Å²) in [6.45, 7) is 7.09. The lowest BCUT2D eigenvalue weighted by molar-refractivity contribution is -0.118. The quantitative estimate of drug-likeness (QED) is 0.460. The van der Waals surface area contributed by atoms with Crippen molar-refractivity contribution in [2.75, 3.05) is 12.3 Å². The van der Waals surface area contributed by atoms with Crippen LogP contribution in [0, 0.1) is 6.92 Å². The Morgan fingerprint density at radius 3 is 2.47 bits per heavy atom. The molecule has 0 fully saturated rings. The van der Waals surface area contributed by atoms with Crippen LogP contribution in [0.15, 0.2) is 59.8 Å². The molecule has 1 aromatic heterocycles. The van der Waals surface area contributed by atoms with Crippen LogP contribution in [0.25, 0.3) is 0 Å². The molecule has 2 amide bonds. The fourth-order valence-electron chi connectivity index (χ4n) is 3.25. The molecule has 1 heterocycles. The van der Waals surface area contributed by atoms with Gasteiger partial charge in [-0.1, -0.05) is 59.8 Å². The maximum Gasteiger partial charge on any atom is 0.251 e. The highest BCUT2D eigenvalue weighted by atomic mass is 32.2. The van der Waals surface area contributed by atoms with Gasteiger partial charge in [0.25, 0.3) is 5.91 Å². The lowest BCUT2D eigenvalue weighted by Crippen LogP contribution is -2.29. The maximum atomic E-state index is 12.5. The van der Waals surface area contributed by atoms with E-state index in [1.807, 2.05) is 67.8 Å². The minimum atomic E-state index is -0.315. The number of carbonyl (C=O) groups excluding carboxylic acids is 2. The average molecular weight is 452 g/mol. The normalized spacial score (nSPS) is 11.7. The fraction of sp³-hybridized carbons (Fsp3) is 0.333. The molecule has 0 aliphatic rings. The van der Waals surface area contributed by atoms with Crippen LogP contribution in [0.5, 0.6) is 0 Å². The van der Waals surface area contributed by atoms with Gasteiger partial charge in [-0.2, -0.15) is 0 Å². The summed E-state index contributed by atoms with van der Waals surface area (Å²) >= 11 is 1.35. The molecular weight excluding hydrogens is 422 g/mol. The molecule has 0 radical (unpaired) electrons. The van der Waals surface area contributed by atoms with E-state index in [1.165, 1.54) is 17.3 Å². The maximum absolute atomic E-state index is 12.5. The summed E-state index contributed by atoms with van der Waals surface area (Å²) in [5.41, 5.74) is 2.90. The molecule has 2 aromatic carbocycles. The molecule has 0 unspecified atom stereocenters. The monoisotopic (exact) mass is 451 g/mol. The van der Waals surface area contributed by atoms with E-state index >= 15 is 0 Å². The van der Waals surface area contributed by atoms with Crippen molar-refractivity contribution in [1.82, 2.24) is 25.4 Å². The Labute approximate surface area is 193 Å². The summed E-state index contributed by atoms with van der Waals surface area (Å²) in [6, 6.07) is 17.2. The lowest BCUT2D eigenvalue weighted by Gasteiger charge is -2.15. The number of hydrogen-bond donors (Lipinski definition) is 2. The van der Waals surface area contributed by atoms with Gasteiger partial charge in [0.05, 0.1) is 11.8 Å². The number of amides is 2. The van der Waals surface area contributed by atoms with E-state index in [0.29, 0.717) is 29.6 Å². The standard InChI is InChI=1S/C24H29N5O2S/c1-4-29-22(18(3)26-23(31)20-12-10-17(2)11-13-20)27-28-24(29)32-16-21(30)25-15-14-19-8-6-5-7-9-19/h5-13,18H,4,14-16H2,1-3H3,(H,25,30)(H,26,31)/t18-/m1/s1. The van der Waals surface area contributed by atoms with E-state index in [0.717, 1.165) is 12.0 Å². The lowest BCUT2D eigenvalue weighted by atomic mass is 10.1. The molecule has 168 valence electrons. The van der Waals surface area contributed by atoms with Crippen LogP contribution in [0.4, 0.5) is 0 Å². The number of thioether (sulfide) groups is 1. The van der Waals surface area contributed by atoms with Crippen molar-refractivity contribution in [3.05, 3.63) is 77.1 Å². The fourth-order valence-corrected chi connectivity index (χ4v) is 4.09. The van der Waals surface area contributed by atoms with Crippen LogP contribution in [0.1, 0.15) is 47.2 Å². The predicted molar refractivity (Wildman–Crippen MR) is 127 cm³/mol. The summed E-state index contributed by atoms with van der Waals surface area (Å²) in [5.74, 6) is 0.728. The van der Waals surface area contributed by atoms with Crippen LogP contribution >= 0.6 is 11.8 Å². The van der Waals surface area contributed by atoms with Crippen LogP contribution in [-0.2, 0) is 17.8 Å². The summed E-state index contributed by atoms with van der Waals surface area (Å²) < 4.78 is 1.93. The molecule has 32 heavy (non-hydrogen) atoms. The molecule has 2 N–H and O–H groups in total. The first-order chi connectivity index (χ1) is 15.5. The first-order valence-corrected chi connectivity index (χ1v) is 11.7. The minimum absolute atomic E-state index is 0.0427. The van der Waals surface area contributed by atoms with Gasteiger partial charge in [0, 0.05) is 18.7 Å². The molecule has 7 nitrogen and oxygen atoms in total. The molecule has 0 bridgehead atoms. The number of nitrogens with zero attached hydrogens (tertiary/aromatic N) is 3. The summed E-state index contributed by atoms with van der Waals surface area (Å²) in [4.78, 5) is 24.8. The van der Waals surface area contributed by atoms with E-state index in [2.05, 4.69) is 20.8 Å². The first kappa shape index (κ1) is 23.5. The van der Waals surface area contributed by atoms with Gasteiger partial charge in [-0.3, -0.25) is 9.59 Å². The van der Waals surface area contributed by atoms with Gasteiger partial charge in [0.1, 0.15) is 0 Å². The molecule has 1 atom stereocenters. The Morgan fingerprint density at radius 1 is 1.06 bits per heavy atom. The van der Waals surface area contributed by atoms with Crippen molar-refractivity contribution < 1.29 is 9.59 Å². The first-order valence-electron chi connectivity index (χ1n) is 10.7. The van der Waals surface area contributed by atoms with Crippen molar-refractivity contribution in [3.8, 4) is 0 Å². The van der Waals surface area contributed by atoms with Gasteiger partial charge in [-0.15, -0.1) is 10.2 Å². The van der Waals surface area contributed by atoms with Gasteiger partial charge in [0.2, 0.25) is 5.91 Å². The minimum Gasteiger partial charge on any atom is -0.355 e. The summed E-state index contributed by atoms with van der Waals surface area (Å²) in [5, 5.41) is 15.1. The number of rotatable bonds is 10. The number of aryl methyl sites for hydroxylation is 1. The van der Waals surface area contributed by atoms with Crippen molar-refractivity contribution in [2.24, 2.45) is 0 Å². The Hall–Kier alpha value is -3.13. The van der Waals surface area contributed by atoms with Gasteiger partial charge < -0.3 is 15.2 Å². The van der Waals surface area contributed by atoms with Crippen molar-refractivity contribution >= 4 is 23.6 Å². The van der Waals surface area contributed by atoms with E-state index in [-0.39, 0.29) is 23.6 Å². The number of hydrogen-bond acceptors (Lipinski definition) is 5. The SMILES string of the molecule is CCn1c(SCC(=O)NCCc2ccccc2)nnc1[C@@H](C)NC(=O)c1ccc(C)cc1. The van der Waals surface area contributed by atoms with Crippen molar-refractivity contribution in [3.63, 3.8) is 0 Å². The molecule has 0 aliphatic carbocycles. The van der Waals surface area contributed by atoms with Gasteiger partial charge in [-0.05, 0) is 44.9 Å². The smallest absolute Gasteiger partial charge is 0.251 e. The zero-order chi connectivity index (χ0) is 22.9. The Bertz CT molecular complexity index is 1030. The second kappa shape index (κ2) is 11.5.